The highest BCUT2D eigenvalue weighted by molar-refractivity contribution is 6.08. The molecule has 0 bridgehead atoms. The highest BCUT2D eigenvalue weighted by Gasteiger charge is 2.21. The van der Waals surface area contributed by atoms with Gasteiger partial charge in [-0.25, -0.2) is 29.1 Å². The molecule has 0 amide bonds. The summed E-state index contributed by atoms with van der Waals surface area (Å²) in [6, 6.07) is 30.1. The van der Waals surface area contributed by atoms with Gasteiger partial charge in [-0.2, -0.15) is 0 Å². The van der Waals surface area contributed by atoms with Crippen molar-refractivity contribution in [3.05, 3.63) is 120 Å². The van der Waals surface area contributed by atoms with Gasteiger partial charge in [0.1, 0.15) is 11.4 Å². The zero-order valence-electron chi connectivity index (χ0n) is 29.2. The second-order valence-corrected chi connectivity index (χ2v) is 11.6. The van der Waals surface area contributed by atoms with E-state index in [0.29, 0.717) is 21.8 Å². The van der Waals surface area contributed by atoms with Gasteiger partial charge in [0.2, 0.25) is 0 Å². The van der Waals surface area contributed by atoms with E-state index in [0.717, 1.165) is 33.4 Å². The first kappa shape index (κ1) is 35.4. The van der Waals surface area contributed by atoms with Crippen LogP contribution in [0.5, 0.6) is 0 Å². The highest BCUT2D eigenvalue weighted by atomic mass is 16.5. The number of hydrogen-bond donors (Lipinski definition) is 0. The standard InChI is InChI=1S/C42H36N2O8/c1-5-49-39(45)33-23-37(41(47)51-7-3)43-35-19-17-29(21-31(33)35)27-13-9-25(10-14-27)26-11-15-28(16-12-26)30-18-20-36-32(22-30)34(40(46)50-6-2)24-38(44-36)42(48)52-8-4/h9-24H,5-8H2,1-4H3. The van der Waals surface area contributed by atoms with Crippen molar-refractivity contribution in [1.82, 2.24) is 9.97 Å². The summed E-state index contributed by atoms with van der Waals surface area (Å²) in [6.45, 7) is 7.62. The Morgan fingerprint density at radius 2 is 0.692 bits per heavy atom. The molecule has 0 aliphatic carbocycles. The lowest BCUT2D eigenvalue weighted by Crippen LogP contribution is -2.12. The van der Waals surface area contributed by atoms with E-state index in [1.807, 2.05) is 72.8 Å². The van der Waals surface area contributed by atoms with Crippen molar-refractivity contribution in [3.8, 4) is 33.4 Å². The Morgan fingerprint density at radius 1 is 0.404 bits per heavy atom. The van der Waals surface area contributed by atoms with Crippen LogP contribution in [0.4, 0.5) is 0 Å². The first-order valence-electron chi connectivity index (χ1n) is 17.0. The Hall–Kier alpha value is -6.42. The molecule has 0 aliphatic rings. The number of esters is 4. The molecule has 0 spiro atoms. The molecule has 0 saturated heterocycles. The minimum Gasteiger partial charge on any atom is -0.462 e. The highest BCUT2D eigenvalue weighted by Crippen LogP contribution is 2.32. The molecule has 0 radical (unpaired) electrons. The Bertz CT molecular complexity index is 2150. The first-order chi connectivity index (χ1) is 25.2. The molecule has 0 atom stereocenters. The third-order valence-electron chi connectivity index (χ3n) is 8.35. The van der Waals surface area contributed by atoms with Crippen LogP contribution in [0.2, 0.25) is 0 Å². The Morgan fingerprint density at radius 3 is 1.02 bits per heavy atom. The van der Waals surface area contributed by atoms with Crippen LogP contribution >= 0.6 is 0 Å². The monoisotopic (exact) mass is 696 g/mol. The average Bonchev–Trinajstić information content (AvgIpc) is 3.17. The lowest BCUT2D eigenvalue weighted by molar-refractivity contribution is 0.0503. The van der Waals surface area contributed by atoms with E-state index in [1.165, 1.54) is 12.1 Å². The lowest BCUT2D eigenvalue weighted by atomic mass is 9.96. The third-order valence-corrected chi connectivity index (χ3v) is 8.35. The number of nitrogens with zero attached hydrogens (tertiary/aromatic N) is 2. The van der Waals surface area contributed by atoms with Gasteiger partial charge in [-0.15, -0.1) is 0 Å². The van der Waals surface area contributed by atoms with Crippen LogP contribution in [0.25, 0.3) is 55.2 Å². The minimum atomic E-state index is -0.605. The summed E-state index contributed by atoms with van der Waals surface area (Å²) in [4.78, 5) is 59.5. The molecule has 0 fully saturated rings. The maximum atomic E-state index is 12.9. The van der Waals surface area contributed by atoms with Gasteiger partial charge in [0.15, 0.2) is 0 Å². The number of pyridine rings is 2. The fourth-order valence-electron chi connectivity index (χ4n) is 5.90. The topological polar surface area (TPSA) is 131 Å². The number of carbonyl (C=O) groups is 4. The van der Waals surface area contributed by atoms with Crippen LogP contribution in [-0.2, 0) is 18.9 Å². The molecule has 2 aromatic heterocycles. The van der Waals surface area contributed by atoms with Crippen molar-refractivity contribution in [3.63, 3.8) is 0 Å². The summed E-state index contributed by atoms with van der Waals surface area (Å²) in [5.74, 6) is -2.30. The molecule has 262 valence electrons. The van der Waals surface area contributed by atoms with Crippen molar-refractivity contribution in [1.29, 1.82) is 0 Å². The number of fused-ring (bicyclic) bond motifs is 2. The van der Waals surface area contributed by atoms with Crippen LogP contribution in [0.15, 0.2) is 97.1 Å². The number of carbonyl (C=O) groups excluding carboxylic acids is 4. The van der Waals surface area contributed by atoms with Crippen LogP contribution in [0.3, 0.4) is 0 Å². The molecule has 2 heterocycles. The van der Waals surface area contributed by atoms with Crippen LogP contribution in [0, 0.1) is 0 Å². The number of rotatable bonds is 11. The molecule has 0 N–H and O–H groups in total. The van der Waals surface area contributed by atoms with E-state index >= 15 is 0 Å². The third kappa shape index (κ3) is 7.36. The molecule has 6 aromatic rings. The van der Waals surface area contributed by atoms with Gasteiger partial charge in [0.05, 0.1) is 48.6 Å². The van der Waals surface area contributed by atoms with Crippen molar-refractivity contribution in [2.45, 2.75) is 27.7 Å². The summed E-state index contributed by atoms with van der Waals surface area (Å²) in [7, 11) is 0. The number of hydrogen-bond acceptors (Lipinski definition) is 10. The molecule has 0 unspecified atom stereocenters. The van der Waals surface area contributed by atoms with Crippen LogP contribution in [0.1, 0.15) is 69.4 Å². The average molecular weight is 697 g/mol. The van der Waals surface area contributed by atoms with E-state index in [1.54, 1.807) is 39.8 Å². The second-order valence-electron chi connectivity index (χ2n) is 11.6. The maximum absolute atomic E-state index is 12.9. The zero-order valence-corrected chi connectivity index (χ0v) is 29.2. The molecule has 10 heteroatoms. The summed E-state index contributed by atoms with van der Waals surface area (Å²) < 4.78 is 20.8. The van der Waals surface area contributed by atoms with E-state index in [-0.39, 0.29) is 48.9 Å². The summed E-state index contributed by atoms with van der Waals surface area (Å²) in [6.07, 6.45) is 0. The normalized spacial score (nSPS) is 10.9. The van der Waals surface area contributed by atoms with Crippen LogP contribution in [-0.4, -0.2) is 60.3 Å². The molecule has 0 aliphatic heterocycles. The number of benzene rings is 4. The quantitative estimate of drug-likeness (QED) is 0.0960. The summed E-state index contributed by atoms with van der Waals surface area (Å²) in [5, 5.41) is 1.14. The Balaban J connectivity index is 1.28. The molecule has 6 rings (SSSR count). The second kappa shape index (κ2) is 15.6. The number of aromatic nitrogens is 2. The van der Waals surface area contributed by atoms with Crippen molar-refractivity contribution in [2.24, 2.45) is 0 Å². The van der Waals surface area contributed by atoms with Crippen molar-refractivity contribution in [2.75, 3.05) is 26.4 Å². The fraction of sp³-hybridized carbons (Fsp3) is 0.190. The van der Waals surface area contributed by atoms with Crippen molar-refractivity contribution < 1.29 is 38.1 Å². The summed E-state index contributed by atoms with van der Waals surface area (Å²) >= 11 is 0. The van der Waals surface area contributed by atoms with Gasteiger partial charge >= 0.3 is 23.9 Å². The van der Waals surface area contributed by atoms with Gasteiger partial charge in [0, 0.05) is 10.8 Å². The predicted molar refractivity (Wildman–Crippen MR) is 197 cm³/mol. The number of ether oxygens (including phenoxy) is 4. The fourth-order valence-corrected chi connectivity index (χ4v) is 5.90. The van der Waals surface area contributed by atoms with Crippen LogP contribution < -0.4 is 0 Å². The van der Waals surface area contributed by atoms with E-state index < -0.39 is 23.9 Å². The smallest absolute Gasteiger partial charge is 0.356 e. The van der Waals surface area contributed by atoms with Gasteiger partial charge < -0.3 is 18.9 Å². The molecular weight excluding hydrogens is 660 g/mol. The van der Waals surface area contributed by atoms with E-state index in [2.05, 4.69) is 9.97 Å². The van der Waals surface area contributed by atoms with E-state index in [4.69, 9.17) is 18.9 Å². The largest absolute Gasteiger partial charge is 0.462 e. The Labute approximate surface area is 300 Å². The van der Waals surface area contributed by atoms with E-state index in [9.17, 15) is 19.2 Å². The minimum absolute atomic E-state index is 0.0456. The van der Waals surface area contributed by atoms with Gasteiger partial charge in [-0.1, -0.05) is 60.7 Å². The molecule has 0 saturated carbocycles. The maximum Gasteiger partial charge on any atom is 0.356 e. The van der Waals surface area contributed by atoms with Gasteiger partial charge in [-0.05, 0) is 97.5 Å². The predicted octanol–water partition coefficient (Wildman–Crippen LogP) is 8.49. The lowest BCUT2D eigenvalue weighted by Gasteiger charge is -2.12. The first-order valence-corrected chi connectivity index (χ1v) is 17.0. The molecule has 10 nitrogen and oxygen atoms in total. The molecular formula is C42H36N2O8. The van der Waals surface area contributed by atoms with Crippen molar-refractivity contribution >= 4 is 45.7 Å². The van der Waals surface area contributed by atoms with Gasteiger partial charge in [0.25, 0.3) is 0 Å². The molecule has 4 aromatic carbocycles. The zero-order chi connectivity index (χ0) is 36.8. The SMILES string of the molecule is CCOC(=O)c1cc(C(=O)OCC)c2cc(-c3ccc(-c4ccc(-c5ccc6nc(C(=O)OCC)cc(C(=O)OCC)c6c5)cc4)cc3)ccc2n1. The Kier molecular flexibility index (Phi) is 10.6. The molecule has 52 heavy (non-hydrogen) atoms. The summed E-state index contributed by atoms with van der Waals surface area (Å²) in [5.41, 5.74) is 7.15. The van der Waals surface area contributed by atoms with Gasteiger partial charge in [-0.3, -0.25) is 0 Å².